The van der Waals surface area contributed by atoms with Gasteiger partial charge in [-0.3, -0.25) is 4.98 Å². The van der Waals surface area contributed by atoms with Crippen LogP contribution < -0.4 is 0 Å². The molecule has 0 bridgehead atoms. The second kappa shape index (κ2) is 15.2. The molecule has 4 nitrogen and oxygen atoms in total. The van der Waals surface area contributed by atoms with Gasteiger partial charge in [0.05, 0.1) is 0 Å². The van der Waals surface area contributed by atoms with E-state index in [1.807, 2.05) is 12.3 Å². The number of hydrogen-bond donors (Lipinski definition) is 0. The van der Waals surface area contributed by atoms with Crippen molar-refractivity contribution in [3.63, 3.8) is 0 Å². The predicted molar refractivity (Wildman–Crippen MR) is 273 cm³/mol. The first kappa shape index (κ1) is 37.2. The number of fused-ring (bicyclic) bond motifs is 7. The van der Waals surface area contributed by atoms with Gasteiger partial charge < -0.3 is 0 Å². The van der Waals surface area contributed by atoms with Crippen LogP contribution in [0.15, 0.2) is 219 Å². The lowest BCUT2D eigenvalue weighted by atomic mass is 9.92. The molecule has 0 unspecified atom stereocenters. The van der Waals surface area contributed by atoms with Crippen molar-refractivity contribution in [2.75, 3.05) is 0 Å². The Bertz CT molecular complexity index is 3870. The second-order valence-electron chi connectivity index (χ2n) is 16.7. The highest BCUT2D eigenvalue weighted by molar-refractivity contribution is 7.26. The maximum atomic E-state index is 5.40. The molecule has 302 valence electrons. The van der Waals surface area contributed by atoms with E-state index in [-0.39, 0.29) is 0 Å². The van der Waals surface area contributed by atoms with Crippen LogP contribution in [0.1, 0.15) is 0 Å². The van der Waals surface area contributed by atoms with Crippen LogP contribution in [-0.2, 0) is 0 Å². The Kier molecular flexibility index (Phi) is 8.68. The van der Waals surface area contributed by atoms with Crippen LogP contribution in [0, 0.1) is 0 Å². The lowest BCUT2D eigenvalue weighted by Gasteiger charge is -2.14. The van der Waals surface area contributed by atoms with Crippen LogP contribution in [0.25, 0.3) is 131 Å². The van der Waals surface area contributed by atoms with Crippen molar-refractivity contribution in [1.82, 2.24) is 19.9 Å². The average Bonchev–Trinajstić information content (AvgIpc) is 3.76. The maximum Gasteiger partial charge on any atom is 0.165 e. The van der Waals surface area contributed by atoms with E-state index in [1.165, 1.54) is 58.6 Å². The van der Waals surface area contributed by atoms with E-state index in [1.54, 1.807) is 17.5 Å². The molecule has 0 saturated carbocycles. The first-order chi connectivity index (χ1) is 32.1. The van der Waals surface area contributed by atoms with Gasteiger partial charge in [-0.25, -0.2) is 15.0 Å². The minimum absolute atomic E-state index is 0.612. The van der Waals surface area contributed by atoms with Gasteiger partial charge in [-0.15, -0.1) is 11.3 Å². The van der Waals surface area contributed by atoms with Gasteiger partial charge in [-0.2, -0.15) is 0 Å². The molecule has 0 saturated heterocycles. The predicted octanol–water partition coefficient (Wildman–Crippen LogP) is 16.2. The number of thiophene rings is 1. The van der Waals surface area contributed by atoms with Crippen molar-refractivity contribution in [3.05, 3.63) is 219 Å². The van der Waals surface area contributed by atoms with Crippen molar-refractivity contribution >= 4 is 74.6 Å². The third-order valence-corrected chi connectivity index (χ3v) is 13.9. The molecule has 0 aliphatic carbocycles. The van der Waals surface area contributed by atoms with Crippen molar-refractivity contribution in [3.8, 4) is 67.5 Å². The molecule has 10 aromatic carbocycles. The molecule has 5 heteroatoms. The minimum Gasteiger partial charge on any atom is -0.264 e. The van der Waals surface area contributed by atoms with Crippen LogP contribution in [-0.4, -0.2) is 19.9 Å². The number of benzene rings is 10. The molecule has 0 spiro atoms. The summed E-state index contributed by atoms with van der Waals surface area (Å²) in [7, 11) is 0. The van der Waals surface area contributed by atoms with Gasteiger partial charge in [0, 0.05) is 49.3 Å². The first-order valence-corrected chi connectivity index (χ1v) is 22.6. The van der Waals surface area contributed by atoms with Crippen LogP contribution in [0.2, 0.25) is 0 Å². The summed E-state index contributed by atoms with van der Waals surface area (Å²) < 4.78 is 2.39. The van der Waals surface area contributed by atoms with Gasteiger partial charge in [0.2, 0.25) is 0 Å². The Morgan fingerprint density at radius 2 is 0.800 bits per heavy atom. The Hall–Kier alpha value is -8.38. The SMILES string of the molecule is c1cncc(-c2ccc(-c3nc(-c4cc(-c5ccc6cc7ccccc7cc6c5)cc(-c5ccc6cc7ccccc7cc6c5)c4)nc(-c4cccc5c4sc4ccccc45)n3)cc2)c1. The second-order valence-corrected chi connectivity index (χ2v) is 17.8. The fraction of sp³-hybridized carbons (Fsp3) is 0. The van der Waals surface area contributed by atoms with Crippen LogP contribution >= 0.6 is 11.3 Å². The summed E-state index contributed by atoms with van der Waals surface area (Å²) in [6.45, 7) is 0. The molecule has 0 radical (unpaired) electrons. The Morgan fingerprint density at radius 1 is 0.292 bits per heavy atom. The van der Waals surface area contributed by atoms with Gasteiger partial charge in [-0.1, -0.05) is 133 Å². The monoisotopic (exact) mass is 844 g/mol. The molecular formula is C60H36N4S. The third kappa shape index (κ3) is 6.69. The fourth-order valence-electron chi connectivity index (χ4n) is 9.35. The minimum atomic E-state index is 0.612. The zero-order chi connectivity index (χ0) is 42.8. The molecule has 0 aliphatic heterocycles. The summed E-state index contributed by atoms with van der Waals surface area (Å²) in [5.41, 5.74) is 9.36. The van der Waals surface area contributed by atoms with Gasteiger partial charge in [-0.05, 0) is 149 Å². The van der Waals surface area contributed by atoms with Crippen LogP contribution in [0.5, 0.6) is 0 Å². The van der Waals surface area contributed by atoms with Gasteiger partial charge in [0.1, 0.15) is 0 Å². The van der Waals surface area contributed by atoms with Crippen LogP contribution in [0.3, 0.4) is 0 Å². The maximum absolute atomic E-state index is 5.40. The molecule has 65 heavy (non-hydrogen) atoms. The smallest absolute Gasteiger partial charge is 0.165 e. The zero-order valence-electron chi connectivity index (χ0n) is 35.0. The van der Waals surface area contributed by atoms with Crippen molar-refractivity contribution in [2.45, 2.75) is 0 Å². The molecule has 0 atom stereocenters. The van der Waals surface area contributed by atoms with E-state index in [0.717, 1.165) is 54.8 Å². The highest BCUT2D eigenvalue weighted by atomic mass is 32.1. The molecule has 0 aliphatic rings. The summed E-state index contributed by atoms with van der Waals surface area (Å²) in [6, 6.07) is 74.2. The van der Waals surface area contributed by atoms with Crippen LogP contribution in [0.4, 0.5) is 0 Å². The Labute approximate surface area is 378 Å². The number of nitrogens with zero attached hydrogens (tertiary/aromatic N) is 4. The number of hydrogen-bond acceptors (Lipinski definition) is 5. The number of aromatic nitrogens is 4. The van der Waals surface area contributed by atoms with E-state index >= 15 is 0 Å². The van der Waals surface area contributed by atoms with Gasteiger partial charge >= 0.3 is 0 Å². The van der Waals surface area contributed by atoms with Gasteiger partial charge in [0.15, 0.2) is 17.5 Å². The van der Waals surface area contributed by atoms with E-state index in [2.05, 4.69) is 205 Å². The van der Waals surface area contributed by atoms with Crippen molar-refractivity contribution < 1.29 is 0 Å². The topological polar surface area (TPSA) is 51.6 Å². The fourth-order valence-corrected chi connectivity index (χ4v) is 10.6. The molecule has 3 aromatic heterocycles. The lowest BCUT2D eigenvalue weighted by Crippen LogP contribution is -2.01. The molecule has 13 rings (SSSR count). The molecule has 3 heterocycles. The summed E-state index contributed by atoms with van der Waals surface area (Å²) >= 11 is 1.78. The molecular weight excluding hydrogens is 809 g/mol. The highest BCUT2D eigenvalue weighted by Crippen LogP contribution is 2.41. The van der Waals surface area contributed by atoms with E-state index in [4.69, 9.17) is 15.0 Å². The van der Waals surface area contributed by atoms with Crippen molar-refractivity contribution in [2.24, 2.45) is 0 Å². The lowest BCUT2D eigenvalue weighted by molar-refractivity contribution is 1.08. The summed E-state index contributed by atoms with van der Waals surface area (Å²) in [6.07, 6.45) is 3.69. The molecule has 13 aromatic rings. The zero-order valence-corrected chi connectivity index (χ0v) is 35.8. The van der Waals surface area contributed by atoms with E-state index < -0.39 is 0 Å². The Morgan fingerprint density at radius 3 is 1.43 bits per heavy atom. The highest BCUT2D eigenvalue weighted by Gasteiger charge is 2.19. The number of rotatable bonds is 6. The largest absolute Gasteiger partial charge is 0.264 e. The molecule has 0 N–H and O–H groups in total. The normalized spacial score (nSPS) is 11.7. The Balaban J connectivity index is 1.03. The van der Waals surface area contributed by atoms with Crippen molar-refractivity contribution in [1.29, 1.82) is 0 Å². The summed E-state index contributed by atoms with van der Waals surface area (Å²) in [5.74, 6) is 1.87. The standard InChI is InChI=1S/C60H36N4S/c1-3-11-41-29-48-31-45(24-22-43(48)27-39(41)9-1)50-33-51(46-25-23-44-28-40-10-2-4-12-42(40)30-49(44)32-46)35-52(34-50)59-62-58(38-20-18-37(19-21-38)47-13-8-26-61-36-47)63-60(64-59)55-16-7-15-54-53-14-5-6-17-56(53)65-57(54)55/h1-36H. The average molecular weight is 845 g/mol. The summed E-state index contributed by atoms with van der Waals surface area (Å²) in [4.78, 5) is 20.4. The van der Waals surface area contributed by atoms with Gasteiger partial charge in [0.25, 0.3) is 0 Å². The summed E-state index contributed by atoms with van der Waals surface area (Å²) in [5, 5.41) is 12.2. The first-order valence-electron chi connectivity index (χ1n) is 21.8. The van der Waals surface area contributed by atoms with E-state index in [0.29, 0.717) is 17.5 Å². The third-order valence-electron chi connectivity index (χ3n) is 12.7. The quantitative estimate of drug-likeness (QED) is 0.156. The van der Waals surface area contributed by atoms with E-state index in [9.17, 15) is 0 Å². The molecule has 0 amide bonds. The molecule has 0 fully saturated rings. The number of pyridine rings is 1.